The molecule has 2 aromatic carbocycles. The lowest BCUT2D eigenvalue weighted by molar-refractivity contribution is -0.302. The van der Waals surface area contributed by atoms with Crippen molar-refractivity contribution in [2.45, 2.75) is 166 Å². The van der Waals surface area contributed by atoms with Crippen molar-refractivity contribution in [1.29, 1.82) is 0 Å². The number of allylic oxidation sites excluding steroid dienone is 2. The van der Waals surface area contributed by atoms with E-state index in [9.17, 15) is 59.1 Å². The van der Waals surface area contributed by atoms with Gasteiger partial charge < -0.3 is 68.6 Å². The fourth-order valence-corrected chi connectivity index (χ4v) is 13.1. The molecule has 6 N–H and O–H groups in total. The number of phenolic OH excluding ortho intramolecular Hbond substituents is 1. The van der Waals surface area contributed by atoms with E-state index in [0.29, 0.717) is 72.6 Å². The summed E-state index contributed by atoms with van der Waals surface area (Å²) in [6.45, 7) is 8.18. The molecule has 2 aliphatic carbocycles. The summed E-state index contributed by atoms with van der Waals surface area (Å²) >= 11 is 0. The number of hydrogen-bond donors (Lipinski definition) is 6. The summed E-state index contributed by atoms with van der Waals surface area (Å²) in [6.07, 6.45) is -0.468. The fourth-order valence-electron chi connectivity index (χ4n) is 13.1. The number of carboxylic acids is 1. The first kappa shape index (κ1) is 65.1. The molecule has 2 amide bonds. The van der Waals surface area contributed by atoms with Gasteiger partial charge in [-0.05, 0) is 130 Å². The lowest BCUT2D eigenvalue weighted by atomic mass is 9.81. The van der Waals surface area contributed by atoms with Gasteiger partial charge in [0.05, 0.1) is 54.8 Å². The molecule has 466 valence electrons. The number of carbonyl (C=O) groups is 6. The smallest absolute Gasteiger partial charge is 0.407 e. The zero-order chi connectivity index (χ0) is 62.3. The summed E-state index contributed by atoms with van der Waals surface area (Å²) in [5.41, 5.74) is 1.72. The van der Waals surface area contributed by atoms with Crippen LogP contribution >= 0.6 is 0 Å². The number of ketones is 2. The molecule has 2 aromatic rings. The molecule has 0 aromatic heterocycles. The molecule has 3 fully saturated rings. The van der Waals surface area contributed by atoms with E-state index in [-0.39, 0.29) is 95.9 Å². The van der Waals surface area contributed by atoms with Crippen molar-refractivity contribution in [2.24, 2.45) is 29.6 Å². The van der Waals surface area contributed by atoms with Crippen molar-refractivity contribution >= 4 is 46.5 Å². The van der Waals surface area contributed by atoms with Crippen LogP contribution in [0.25, 0.3) is 33.4 Å². The second kappa shape index (κ2) is 28.3. The van der Waals surface area contributed by atoms with Crippen LogP contribution in [0.3, 0.4) is 0 Å². The van der Waals surface area contributed by atoms with Crippen molar-refractivity contribution in [3.63, 3.8) is 0 Å². The van der Waals surface area contributed by atoms with Crippen LogP contribution < -0.4 is 10.7 Å². The Labute approximate surface area is 499 Å². The third-order valence-corrected chi connectivity index (χ3v) is 17.9. The normalized spacial score (nSPS) is 30.5. The van der Waals surface area contributed by atoms with E-state index in [1.807, 2.05) is 19.9 Å². The number of fused-ring (bicyclic) bond motifs is 5. The Balaban J connectivity index is 1.09. The number of ether oxygens (including phenoxy) is 6. The number of aromatic hydroxyl groups is 1. The maximum absolute atomic E-state index is 14.7. The van der Waals surface area contributed by atoms with Crippen LogP contribution in [0.15, 0.2) is 87.1 Å². The number of benzene rings is 3. The molecule has 4 heterocycles. The number of aromatic carboxylic acids is 1. The first-order valence-corrected chi connectivity index (χ1v) is 29.8. The largest absolute Gasteiger partial charge is 0.507 e. The number of carboxylic acid groups (broad SMARTS) is 1. The molecular weight excluding hydrogens is 1110 g/mol. The van der Waals surface area contributed by atoms with Crippen molar-refractivity contribution in [1.82, 2.24) is 10.2 Å². The fraction of sp³-hybridized carbons (Fsp3) is 0.554. The zero-order valence-corrected chi connectivity index (χ0v) is 50.2. The Morgan fingerprint density at radius 2 is 1.56 bits per heavy atom. The van der Waals surface area contributed by atoms with E-state index < -0.39 is 108 Å². The van der Waals surface area contributed by atoms with E-state index >= 15 is 0 Å². The lowest BCUT2D eigenvalue weighted by Crippen LogP contribution is -2.64. The summed E-state index contributed by atoms with van der Waals surface area (Å²) in [5, 5.41) is 59.4. The number of aliphatic hydroxyl groups excluding tert-OH is 2. The molecule has 2 saturated heterocycles. The molecule has 21 heteroatoms. The standard InChI is InChI=1S/C65H82N2O19/c1-34-25-35(2)27-54(81-7)59-55(82-8)29-37(4)65(79,86-59)60(73)61(74)67-23-12-11-15-47(67)63(77)85-57(36(3)28-39-16-20-49(70)53(30-39)80-6)38(5)50(71)32-51(72)40(26-34)22-24-83-64(78)66-33-46-48(69)21-19-45-56(42-13-9-10-14-43(42)62(75)76)44-18-17-41(68)31-52(44)84-58(45)46/h9-10,13-14,17-19,21,26,28,31,34-35,37-39,47,49-50,53-55,57,59,69-71,79H,11-12,15-16,20,22-25,27,29-30,32-33H2,1-8H3,(H,66,78)(H,75,76)/t34?,35-,37+,38+,39?,47-,49+,50-,53+,54-,55-,57?,59+,65+/m0/s1. The highest BCUT2D eigenvalue weighted by Gasteiger charge is 2.57. The number of cyclic esters (lactones) is 1. The molecule has 1 saturated carbocycles. The predicted molar refractivity (Wildman–Crippen MR) is 314 cm³/mol. The van der Waals surface area contributed by atoms with E-state index in [1.165, 1.54) is 51.7 Å². The highest BCUT2D eigenvalue weighted by molar-refractivity contribution is 6.39. The van der Waals surface area contributed by atoms with Crippen molar-refractivity contribution < 1.29 is 87.1 Å². The van der Waals surface area contributed by atoms with Crippen LogP contribution in [-0.4, -0.2) is 155 Å². The van der Waals surface area contributed by atoms with Gasteiger partial charge in [0.1, 0.15) is 35.3 Å². The minimum absolute atomic E-state index is 0.00557. The quantitative estimate of drug-likeness (QED) is 0.0343. The molecule has 21 nitrogen and oxygen atoms in total. The van der Waals surface area contributed by atoms with Gasteiger partial charge in [0.15, 0.2) is 11.2 Å². The molecule has 6 aliphatic rings. The van der Waals surface area contributed by atoms with Gasteiger partial charge in [0.25, 0.3) is 11.7 Å². The highest BCUT2D eigenvalue weighted by Crippen LogP contribution is 2.44. The Morgan fingerprint density at radius 3 is 2.28 bits per heavy atom. The molecular formula is C65H82N2O19. The molecule has 86 heavy (non-hydrogen) atoms. The molecule has 4 aliphatic heterocycles. The van der Waals surface area contributed by atoms with Gasteiger partial charge in [-0.25, -0.2) is 14.4 Å². The summed E-state index contributed by atoms with van der Waals surface area (Å²) in [7, 11) is 4.47. The zero-order valence-electron chi connectivity index (χ0n) is 50.2. The number of amides is 2. The van der Waals surface area contributed by atoms with Gasteiger partial charge in [0, 0.05) is 75.1 Å². The maximum atomic E-state index is 14.7. The first-order chi connectivity index (χ1) is 41.0. The second-order valence-electron chi connectivity index (χ2n) is 24.0. The molecule has 14 atom stereocenters. The molecule has 2 bridgehead atoms. The Morgan fingerprint density at radius 1 is 0.837 bits per heavy atom. The second-order valence-corrected chi connectivity index (χ2v) is 24.0. The summed E-state index contributed by atoms with van der Waals surface area (Å²) in [5.74, 6) is -10.1. The lowest BCUT2D eigenvalue weighted by Gasteiger charge is -2.47. The molecule has 0 radical (unpaired) electrons. The summed E-state index contributed by atoms with van der Waals surface area (Å²) in [4.78, 5) is 98.2. The number of nitrogens with zero attached hydrogens (tertiary/aromatic N) is 1. The molecule has 8 rings (SSSR count). The monoisotopic (exact) mass is 1190 g/mol. The van der Waals surface area contributed by atoms with Crippen LogP contribution in [0.2, 0.25) is 0 Å². The first-order valence-electron chi connectivity index (χ1n) is 29.8. The number of phenols is 1. The summed E-state index contributed by atoms with van der Waals surface area (Å²) in [6, 6.07) is 12.1. The average molecular weight is 1200 g/mol. The number of alkyl carbamates (subject to hydrolysis) is 1. The number of aliphatic hydroxyl groups is 3. The minimum atomic E-state index is -2.62. The molecule has 3 unspecified atom stereocenters. The van der Waals surface area contributed by atoms with E-state index in [2.05, 4.69) is 5.32 Å². The number of esters is 1. The van der Waals surface area contributed by atoms with Crippen LogP contribution in [0.1, 0.15) is 121 Å². The summed E-state index contributed by atoms with van der Waals surface area (Å²) < 4.78 is 42.0. The van der Waals surface area contributed by atoms with Gasteiger partial charge >= 0.3 is 18.0 Å². The van der Waals surface area contributed by atoms with Gasteiger partial charge in [-0.15, -0.1) is 0 Å². The van der Waals surface area contributed by atoms with E-state index in [0.717, 1.165) is 4.90 Å². The van der Waals surface area contributed by atoms with Crippen molar-refractivity contribution in [3.05, 3.63) is 99.2 Å². The van der Waals surface area contributed by atoms with Crippen molar-refractivity contribution in [3.8, 4) is 28.2 Å². The van der Waals surface area contributed by atoms with Crippen LogP contribution in [0.4, 0.5) is 4.79 Å². The minimum Gasteiger partial charge on any atom is -0.507 e. The van der Waals surface area contributed by atoms with Gasteiger partial charge in [-0.3, -0.25) is 19.2 Å². The van der Waals surface area contributed by atoms with E-state index in [4.69, 9.17) is 32.8 Å². The van der Waals surface area contributed by atoms with Gasteiger partial charge in [-0.2, -0.15) is 0 Å². The highest BCUT2D eigenvalue weighted by atomic mass is 16.7. The Kier molecular flexibility index (Phi) is 21.5. The third-order valence-electron chi connectivity index (χ3n) is 17.9. The van der Waals surface area contributed by atoms with Gasteiger partial charge in [0.2, 0.25) is 5.79 Å². The van der Waals surface area contributed by atoms with E-state index in [1.54, 1.807) is 51.1 Å². The topological polar surface area (TPSA) is 304 Å². The predicted octanol–water partition coefficient (Wildman–Crippen LogP) is 7.66. The Bertz CT molecular complexity index is 3220. The molecule has 0 spiro atoms. The van der Waals surface area contributed by atoms with Crippen LogP contribution in [-0.2, 0) is 54.1 Å². The van der Waals surface area contributed by atoms with Crippen LogP contribution in [0.5, 0.6) is 5.75 Å². The number of rotatable bonds is 12. The van der Waals surface area contributed by atoms with Crippen LogP contribution in [0, 0.1) is 29.6 Å². The number of methoxy groups -OCH3 is 3. The number of nitrogens with one attached hydrogen (secondary N) is 1. The number of carbonyl (C=O) groups excluding carboxylic acids is 5. The number of Topliss-reactive ketones (excluding diaryl/α,β-unsaturated/α-hetero) is 2. The SMILES string of the molecule is CO[C@H]1C[C@@H](C)CC(C)C=C(CCOC(=O)NCc2c(O)ccc3c(-c4ccccc4C(=O)O)c4ccc(=O)cc-4oc23)C(=O)C[C@H](O)[C@@H](C)C(C(C)=CC2CC[C@@H](O)[C@H](OC)C2)OC(=O)[C@@H]2CCCCN2C(=O)C(=O)[C@]2(O)O[C@H]1[C@@H](OC)C[C@H]2C. The Hall–Kier alpha value is -6.85. The number of hydrogen-bond acceptors (Lipinski definition) is 18. The number of piperidine rings is 1. The third kappa shape index (κ3) is 14.4. The maximum Gasteiger partial charge on any atom is 0.407 e. The van der Waals surface area contributed by atoms with Gasteiger partial charge in [-0.1, -0.05) is 58.0 Å². The average Bonchev–Trinajstić information content (AvgIpc) is 0.815. The van der Waals surface area contributed by atoms with Crippen molar-refractivity contribution in [2.75, 3.05) is 34.5 Å².